The second kappa shape index (κ2) is 13.1. The minimum Gasteiger partial charge on any atom is -0.394 e. The van der Waals surface area contributed by atoms with Gasteiger partial charge in [-0.3, -0.25) is 9.59 Å². The number of carbonyl (C=O) groups is 2. The lowest BCUT2D eigenvalue weighted by Gasteiger charge is -2.55. The van der Waals surface area contributed by atoms with E-state index in [0.717, 1.165) is 6.92 Å². The van der Waals surface area contributed by atoms with Gasteiger partial charge in [-0.1, -0.05) is 0 Å². The highest BCUT2D eigenvalue weighted by Gasteiger charge is 2.63. The van der Waals surface area contributed by atoms with Crippen molar-refractivity contribution >= 4 is 11.8 Å². The summed E-state index contributed by atoms with van der Waals surface area (Å²) in [6, 6.07) is -2.78. The minimum atomic E-state index is -2.44. The Kier molecular flexibility index (Phi) is 10.4. The summed E-state index contributed by atoms with van der Waals surface area (Å²) in [5.41, 5.74) is 0. The van der Waals surface area contributed by atoms with Gasteiger partial charge in [0.15, 0.2) is 12.6 Å². The fourth-order valence-electron chi connectivity index (χ4n) is 5.61. The Morgan fingerprint density at radius 1 is 1.02 bits per heavy atom. The highest BCUT2D eigenvalue weighted by atomic mass is 16.7. The molecule has 19 nitrogen and oxygen atoms in total. The molecular formula is C23H38N2O17. The highest BCUT2D eigenvalue weighted by Crippen LogP contribution is 2.40. The highest BCUT2D eigenvalue weighted by molar-refractivity contribution is 5.85. The predicted octanol–water partition coefficient (Wildman–Crippen LogP) is -8.17. The molecule has 0 aromatic heterocycles. The van der Waals surface area contributed by atoms with Gasteiger partial charge < -0.3 is 85.4 Å². The quantitative estimate of drug-likeness (QED) is 0.121. The van der Waals surface area contributed by atoms with Crippen molar-refractivity contribution in [2.45, 2.75) is 111 Å². The third kappa shape index (κ3) is 6.14. The molecule has 1 spiro atoms. The van der Waals surface area contributed by atoms with Gasteiger partial charge in [-0.15, -0.1) is 0 Å². The summed E-state index contributed by atoms with van der Waals surface area (Å²) >= 11 is 0. The molecule has 0 unspecified atom stereocenters. The zero-order valence-electron chi connectivity index (χ0n) is 22.3. The molecule has 0 aromatic rings. The summed E-state index contributed by atoms with van der Waals surface area (Å²) in [6.07, 6.45) is -22.5. The first-order chi connectivity index (χ1) is 19.8. The summed E-state index contributed by atoms with van der Waals surface area (Å²) in [5.74, 6) is -4.18. The standard InChI is InChI=1S/C23H38N2O17/c1-6(29)24-11-7(30)2-23(41-18(11)13(32)8(31)3-26)22(37)25-12-19(42-23)14(33)9(4-27)39-21(12)40-17-10(5-28)38-20(36)16(35)15(17)34/h7-21,26-28,30-36H,2-5H2,1H3,(H,24,29)(H,25,37)/t7-,8+,9+,10+,11+,12+,13+,14-,15+,16+,17+,18+,19+,20+,21-,23-/m0/s1. The molecule has 42 heavy (non-hydrogen) atoms. The number of amides is 2. The van der Waals surface area contributed by atoms with Crippen molar-refractivity contribution < 1.29 is 84.3 Å². The first kappa shape index (κ1) is 33.2. The van der Waals surface area contributed by atoms with Gasteiger partial charge in [-0.25, -0.2) is 0 Å². The molecule has 0 radical (unpaired) electrons. The summed E-state index contributed by atoms with van der Waals surface area (Å²) in [7, 11) is 0. The number of aliphatic hydroxyl groups excluding tert-OH is 10. The van der Waals surface area contributed by atoms with Gasteiger partial charge >= 0.3 is 0 Å². The molecule has 242 valence electrons. The van der Waals surface area contributed by atoms with E-state index in [1.807, 2.05) is 0 Å². The molecule has 4 aliphatic rings. The number of carbonyl (C=O) groups excluding carboxylic acids is 2. The van der Waals surface area contributed by atoms with Crippen molar-refractivity contribution in [3.05, 3.63) is 0 Å². The minimum absolute atomic E-state index is 0.651. The second-order valence-electron chi connectivity index (χ2n) is 10.7. The van der Waals surface area contributed by atoms with E-state index < -0.39 is 136 Å². The van der Waals surface area contributed by atoms with Crippen LogP contribution in [0.15, 0.2) is 0 Å². The van der Waals surface area contributed by atoms with E-state index in [1.165, 1.54) is 0 Å². The van der Waals surface area contributed by atoms with Crippen LogP contribution < -0.4 is 10.6 Å². The molecule has 16 atom stereocenters. The van der Waals surface area contributed by atoms with Gasteiger partial charge in [0.05, 0.1) is 32.0 Å². The molecule has 0 saturated carbocycles. The number of hydrogen-bond donors (Lipinski definition) is 12. The molecule has 12 N–H and O–H groups in total. The first-order valence-corrected chi connectivity index (χ1v) is 13.3. The van der Waals surface area contributed by atoms with E-state index in [-0.39, 0.29) is 0 Å². The van der Waals surface area contributed by atoms with E-state index in [9.17, 15) is 60.7 Å². The molecular weight excluding hydrogens is 576 g/mol. The third-order valence-electron chi connectivity index (χ3n) is 7.81. The van der Waals surface area contributed by atoms with Crippen LogP contribution in [-0.2, 0) is 33.3 Å². The van der Waals surface area contributed by atoms with E-state index in [2.05, 4.69) is 10.6 Å². The van der Waals surface area contributed by atoms with Gasteiger partial charge in [0.1, 0.15) is 67.1 Å². The fourth-order valence-corrected chi connectivity index (χ4v) is 5.61. The Balaban J connectivity index is 1.63. The summed E-state index contributed by atoms with van der Waals surface area (Å²) in [4.78, 5) is 25.3. The van der Waals surface area contributed by atoms with Crippen LogP contribution in [0.25, 0.3) is 0 Å². The predicted molar refractivity (Wildman–Crippen MR) is 128 cm³/mol. The van der Waals surface area contributed by atoms with Crippen molar-refractivity contribution in [3.63, 3.8) is 0 Å². The van der Waals surface area contributed by atoms with Crippen LogP contribution in [-0.4, -0.2) is 180 Å². The number of ether oxygens (including phenoxy) is 5. The summed E-state index contributed by atoms with van der Waals surface area (Å²) in [6.45, 7) is -1.42. The maximum absolute atomic E-state index is 13.5. The van der Waals surface area contributed by atoms with E-state index in [4.69, 9.17) is 23.7 Å². The molecule has 0 aliphatic carbocycles. The van der Waals surface area contributed by atoms with Gasteiger partial charge in [0.2, 0.25) is 5.91 Å². The average Bonchev–Trinajstić information content (AvgIpc) is 2.95. The number of morpholine rings is 1. The molecule has 4 saturated heterocycles. The molecule has 4 fully saturated rings. The molecule has 2 amide bonds. The molecule has 4 rings (SSSR count). The normalized spacial score (nSPS) is 47.3. The van der Waals surface area contributed by atoms with Crippen LogP contribution in [0.1, 0.15) is 13.3 Å². The Morgan fingerprint density at radius 2 is 1.69 bits per heavy atom. The van der Waals surface area contributed by atoms with Gasteiger partial charge in [0, 0.05) is 13.3 Å². The van der Waals surface area contributed by atoms with Crippen LogP contribution in [0.5, 0.6) is 0 Å². The summed E-state index contributed by atoms with van der Waals surface area (Å²) in [5, 5.41) is 107. The van der Waals surface area contributed by atoms with Crippen LogP contribution in [0, 0.1) is 0 Å². The van der Waals surface area contributed by atoms with E-state index in [0.29, 0.717) is 0 Å². The summed E-state index contributed by atoms with van der Waals surface area (Å²) < 4.78 is 28.1. The van der Waals surface area contributed by atoms with Crippen LogP contribution in [0.3, 0.4) is 0 Å². The number of aliphatic hydroxyl groups is 10. The third-order valence-corrected chi connectivity index (χ3v) is 7.81. The second-order valence-corrected chi connectivity index (χ2v) is 10.7. The molecule has 0 aromatic carbocycles. The average molecular weight is 615 g/mol. The number of hydrogen-bond acceptors (Lipinski definition) is 17. The molecule has 19 heteroatoms. The lowest BCUT2D eigenvalue weighted by Crippen LogP contribution is -2.78. The number of nitrogens with one attached hydrogen (secondary N) is 2. The molecule has 0 bridgehead atoms. The van der Waals surface area contributed by atoms with Crippen LogP contribution >= 0.6 is 0 Å². The maximum atomic E-state index is 13.5. The van der Waals surface area contributed by atoms with Gasteiger partial charge in [-0.2, -0.15) is 0 Å². The SMILES string of the molecule is CC(=O)N[C@H]1[C@H]([C@H](O)[C@H](O)CO)O[C@@]2(C[C@@H]1O)O[C@H]1[C@@H](O)[C@@H](CO)O[C@@H](O[C@H]3[C@H](O)[C@@H](O)[C@H](O)O[C@@H]3CO)[C@@H]1NC2=O. The van der Waals surface area contributed by atoms with Gasteiger partial charge in [0.25, 0.3) is 11.7 Å². The number of fused-ring (bicyclic) bond motifs is 1. The van der Waals surface area contributed by atoms with Crippen molar-refractivity contribution in [2.24, 2.45) is 0 Å². The fraction of sp³-hybridized carbons (Fsp3) is 0.913. The lowest BCUT2D eigenvalue weighted by atomic mass is 9.86. The topological polar surface area (TPSA) is 307 Å². The maximum Gasteiger partial charge on any atom is 0.280 e. The van der Waals surface area contributed by atoms with Crippen molar-refractivity contribution in [1.82, 2.24) is 10.6 Å². The van der Waals surface area contributed by atoms with Crippen molar-refractivity contribution in [2.75, 3.05) is 19.8 Å². The Bertz CT molecular complexity index is 960. The zero-order chi connectivity index (χ0) is 31.1. The number of rotatable bonds is 8. The van der Waals surface area contributed by atoms with Crippen molar-refractivity contribution in [1.29, 1.82) is 0 Å². The zero-order valence-corrected chi connectivity index (χ0v) is 22.3. The Hall–Kier alpha value is -1.66. The monoisotopic (exact) mass is 614 g/mol. The molecule has 4 aliphatic heterocycles. The van der Waals surface area contributed by atoms with Gasteiger partial charge in [-0.05, 0) is 0 Å². The largest absolute Gasteiger partial charge is 0.394 e. The van der Waals surface area contributed by atoms with E-state index in [1.54, 1.807) is 0 Å². The Morgan fingerprint density at radius 3 is 2.29 bits per heavy atom. The van der Waals surface area contributed by atoms with E-state index >= 15 is 0 Å². The van der Waals surface area contributed by atoms with Crippen LogP contribution in [0.4, 0.5) is 0 Å². The smallest absolute Gasteiger partial charge is 0.280 e. The van der Waals surface area contributed by atoms with Crippen LogP contribution in [0.2, 0.25) is 0 Å². The lowest BCUT2D eigenvalue weighted by molar-refractivity contribution is -0.377. The van der Waals surface area contributed by atoms with Crippen molar-refractivity contribution in [3.8, 4) is 0 Å². The Labute approximate surface area is 238 Å². The molecule has 4 heterocycles. The first-order valence-electron chi connectivity index (χ1n) is 13.3.